The van der Waals surface area contributed by atoms with Crippen molar-refractivity contribution in [3.05, 3.63) is 110 Å². The summed E-state index contributed by atoms with van der Waals surface area (Å²) in [6, 6.07) is 7.54. The van der Waals surface area contributed by atoms with E-state index < -0.39 is 17.2 Å². The predicted molar refractivity (Wildman–Crippen MR) is 171 cm³/mol. The average Bonchev–Trinajstić information content (AvgIpc) is 3.45. The molecule has 0 radical (unpaired) electrons. The van der Waals surface area contributed by atoms with E-state index in [2.05, 4.69) is 4.90 Å². The lowest BCUT2D eigenvalue weighted by atomic mass is 9.74. The van der Waals surface area contributed by atoms with Gasteiger partial charge in [0.05, 0.1) is 53.8 Å². The Morgan fingerprint density at radius 2 is 2.00 bits per heavy atom. The average molecular weight is 675 g/mol. The number of hydrogen-bond donors (Lipinski definition) is 1. The molecular formula is C33H31Cl2F2N3O4S. The van der Waals surface area contributed by atoms with Crippen molar-refractivity contribution in [2.24, 2.45) is 0 Å². The van der Waals surface area contributed by atoms with Crippen molar-refractivity contribution in [2.75, 3.05) is 39.5 Å². The molecule has 1 aromatic heterocycles. The van der Waals surface area contributed by atoms with Gasteiger partial charge in [-0.25, -0.2) is 18.6 Å². The highest BCUT2D eigenvalue weighted by Crippen LogP contribution is 2.47. The largest absolute Gasteiger partial charge is 0.492 e. The minimum absolute atomic E-state index is 0.0250. The smallest absolute Gasteiger partial charge is 0.335 e. The SMILES string of the molecule is CC1(c2ccc(Cl)c(OCCCN3CCOCC3)c2)C=C2C=C(F)C=CC2n2c1cnc2SCc1c(F)cc(C(=O)O)cc1Cl. The summed E-state index contributed by atoms with van der Waals surface area (Å²) in [4.78, 5) is 18.4. The Labute approximate surface area is 274 Å². The number of fused-ring (bicyclic) bond motifs is 3. The van der Waals surface area contributed by atoms with Crippen molar-refractivity contribution in [3.63, 3.8) is 0 Å². The van der Waals surface area contributed by atoms with E-state index in [1.807, 2.05) is 35.8 Å². The molecule has 2 unspecified atom stereocenters. The molecule has 0 amide bonds. The molecule has 6 rings (SSSR count). The first kappa shape index (κ1) is 31.8. The van der Waals surface area contributed by atoms with Crippen LogP contribution in [0.5, 0.6) is 5.75 Å². The van der Waals surface area contributed by atoms with E-state index >= 15 is 0 Å². The van der Waals surface area contributed by atoms with Crippen molar-refractivity contribution in [1.29, 1.82) is 0 Å². The molecule has 2 atom stereocenters. The number of hydrogen-bond acceptors (Lipinski definition) is 6. The van der Waals surface area contributed by atoms with Crippen LogP contribution in [0.15, 0.2) is 77.4 Å². The molecule has 2 aromatic carbocycles. The van der Waals surface area contributed by atoms with Gasteiger partial charge < -0.3 is 19.1 Å². The lowest BCUT2D eigenvalue weighted by Crippen LogP contribution is -2.37. The predicted octanol–water partition coefficient (Wildman–Crippen LogP) is 7.63. The lowest BCUT2D eigenvalue weighted by molar-refractivity contribution is 0.0358. The molecule has 7 nitrogen and oxygen atoms in total. The number of nitrogens with zero attached hydrogens (tertiary/aromatic N) is 3. The van der Waals surface area contributed by atoms with Crippen LogP contribution in [0.4, 0.5) is 8.78 Å². The number of allylic oxidation sites excluding steroid dienone is 6. The second-order valence-corrected chi connectivity index (χ2v) is 13.0. The van der Waals surface area contributed by atoms with Gasteiger partial charge in [-0.15, -0.1) is 0 Å². The molecule has 1 N–H and O–H groups in total. The number of carboxylic acid groups (broad SMARTS) is 1. The van der Waals surface area contributed by atoms with E-state index in [0.717, 1.165) is 62.2 Å². The van der Waals surface area contributed by atoms with Crippen molar-refractivity contribution in [1.82, 2.24) is 14.5 Å². The fourth-order valence-corrected chi connectivity index (χ4v) is 7.50. The van der Waals surface area contributed by atoms with Gasteiger partial charge in [-0.3, -0.25) is 4.90 Å². The molecule has 0 spiro atoms. The molecular weight excluding hydrogens is 643 g/mol. The summed E-state index contributed by atoms with van der Waals surface area (Å²) in [5.41, 5.74) is 1.72. The summed E-state index contributed by atoms with van der Waals surface area (Å²) < 4.78 is 43.0. The Morgan fingerprint density at radius 1 is 1.20 bits per heavy atom. The van der Waals surface area contributed by atoms with Crippen LogP contribution in [0.1, 0.15) is 46.6 Å². The van der Waals surface area contributed by atoms with E-state index in [9.17, 15) is 18.7 Å². The van der Waals surface area contributed by atoms with Crippen molar-refractivity contribution < 1.29 is 28.2 Å². The Morgan fingerprint density at radius 3 is 2.76 bits per heavy atom. The third kappa shape index (κ3) is 6.57. The van der Waals surface area contributed by atoms with Gasteiger partial charge in [0.25, 0.3) is 0 Å². The zero-order valence-electron chi connectivity index (χ0n) is 24.4. The summed E-state index contributed by atoms with van der Waals surface area (Å²) in [6.07, 6.45) is 9.38. The molecule has 2 aliphatic heterocycles. The fraction of sp³-hybridized carbons (Fsp3) is 0.333. The van der Waals surface area contributed by atoms with E-state index in [-0.39, 0.29) is 33.8 Å². The number of imidazole rings is 1. The highest BCUT2D eigenvalue weighted by molar-refractivity contribution is 7.98. The van der Waals surface area contributed by atoms with Crippen LogP contribution in [-0.2, 0) is 15.9 Å². The van der Waals surface area contributed by atoms with Crippen molar-refractivity contribution in [2.45, 2.75) is 35.7 Å². The van der Waals surface area contributed by atoms with Crippen LogP contribution in [0, 0.1) is 5.82 Å². The van der Waals surface area contributed by atoms with Gasteiger partial charge in [0.15, 0.2) is 5.16 Å². The van der Waals surface area contributed by atoms with Crippen molar-refractivity contribution >= 4 is 40.9 Å². The first-order valence-corrected chi connectivity index (χ1v) is 16.3. The summed E-state index contributed by atoms with van der Waals surface area (Å²) in [5, 5.41) is 10.3. The van der Waals surface area contributed by atoms with Gasteiger partial charge in [-0.1, -0.05) is 53.2 Å². The molecule has 45 heavy (non-hydrogen) atoms. The van der Waals surface area contributed by atoms with E-state index in [4.69, 9.17) is 37.7 Å². The lowest BCUT2D eigenvalue weighted by Gasteiger charge is -2.38. The molecule has 1 saturated heterocycles. The van der Waals surface area contributed by atoms with Crippen LogP contribution in [0.25, 0.3) is 0 Å². The number of morpholine rings is 1. The number of rotatable bonds is 10. The first-order chi connectivity index (χ1) is 21.6. The maximum Gasteiger partial charge on any atom is 0.335 e. The van der Waals surface area contributed by atoms with E-state index in [0.29, 0.717) is 22.5 Å². The maximum absolute atomic E-state index is 14.9. The van der Waals surface area contributed by atoms with Crippen LogP contribution in [-0.4, -0.2) is 65.0 Å². The number of aromatic carboxylic acids is 1. The number of halogens is 4. The second-order valence-electron chi connectivity index (χ2n) is 11.3. The topological polar surface area (TPSA) is 76.8 Å². The quantitative estimate of drug-likeness (QED) is 0.175. The van der Waals surface area contributed by atoms with Gasteiger partial charge in [0, 0.05) is 36.0 Å². The molecule has 0 saturated carbocycles. The van der Waals surface area contributed by atoms with E-state index in [1.165, 1.54) is 30.0 Å². The molecule has 3 heterocycles. The first-order valence-electron chi connectivity index (χ1n) is 14.6. The Bertz CT molecular complexity index is 1700. The fourth-order valence-electron chi connectivity index (χ4n) is 5.92. The third-order valence-electron chi connectivity index (χ3n) is 8.36. The summed E-state index contributed by atoms with van der Waals surface area (Å²) in [5.74, 6) is -1.64. The van der Waals surface area contributed by atoms with Gasteiger partial charge in [0.1, 0.15) is 17.4 Å². The van der Waals surface area contributed by atoms with E-state index in [1.54, 1.807) is 12.3 Å². The van der Waals surface area contributed by atoms with Crippen LogP contribution < -0.4 is 4.74 Å². The van der Waals surface area contributed by atoms with Crippen molar-refractivity contribution in [3.8, 4) is 5.75 Å². The second kappa shape index (κ2) is 13.3. The highest BCUT2D eigenvalue weighted by atomic mass is 35.5. The minimum atomic E-state index is -1.26. The Balaban J connectivity index is 1.28. The number of ether oxygens (including phenoxy) is 2. The molecule has 12 heteroatoms. The van der Waals surface area contributed by atoms with Crippen LogP contribution in [0.3, 0.4) is 0 Å². The number of thioether (sulfide) groups is 1. The van der Waals surface area contributed by atoms with Crippen LogP contribution >= 0.6 is 35.0 Å². The number of benzene rings is 2. The highest BCUT2D eigenvalue weighted by Gasteiger charge is 2.39. The van der Waals surface area contributed by atoms with Gasteiger partial charge in [-0.2, -0.15) is 0 Å². The molecule has 236 valence electrons. The standard InChI is InChI=1S/C33H31Cl2F2N3O4S/c1-33(22-3-5-25(34)29(16-22)44-10-2-7-39-8-11-43-12-9-39)17-21-13-23(36)4-6-28(21)40-30(33)18-38-32(40)45-19-24-26(35)14-20(31(41)42)15-27(24)37/h3-6,13-18,28H,2,7-12,19H2,1H3,(H,41,42). The summed E-state index contributed by atoms with van der Waals surface area (Å²) in [6.45, 7) is 6.79. The van der Waals surface area contributed by atoms with Gasteiger partial charge >= 0.3 is 5.97 Å². The molecule has 1 fully saturated rings. The Hall–Kier alpha value is -3.15. The van der Waals surface area contributed by atoms with Gasteiger partial charge in [-0.05, 0) is 60.9 Å². The van der Waals surface area contributed by atoms with Gasteiger partial charge in [0.2, 0.25) is 0 Å². The molecule has 3 aliphatic rings. The normalized spacial score (nSPS) is 21.1. The minimum Gasteiger partial charge on any atom is -0.492 e. The monoisotopic (exact) mass is 673 g/mol. The Kier molecular flexibility index (Phi) is 9.40. The molecule has 3 aromatic rings. The zero-order valence-corrected chi connectivity index (χ0v) is 26.8. The number of aromatic nitrogens is 2. The maximum atomic E-state index is 14.9. The number of carbonyl (C=O) groups is 1. The molecule has 1 aliphatic carbocycles. The summed E-state index contributed by atoms with van der Waals surface area (Å²) >= 11 is 14.1. The summed E-state index contributed by atoms with van der Waals surface area (Å²) in [7, 11) is 0. The molecule has 0 bridgehead atoms. The third-order valence-corrected chi connectivity index (χ3v) is 10.00. The zero-order chi connectivity index (χ0) is 31.7. The number of carboxylic acids is 1. The van der Waals surface area contributed by atoms with Crippen LogP contribution in [0.2, 0.25) is 10.0 Å².